The Morgan fingerprint density at radius 3 is 2.78 bits per heavy atom. The topological polar surface area (TPSA) is 88.2 Å². The standard InChI is InChI=1S/C28H30FN3O5/c29-19-6-5-18-17-37-28(22(18)15-19)9-12-31(13-10-28)11-2-14-36-24-4-1-3-20-21(24)16-32(27(20)35)23-7-8-25(33)30-26(23)34/h1,3-6,15,23H,2,7-14,16-17H2,(H,30,33,34). The van der Waals surface area contributed by atoms with Crippen LogP contribution in [-0.4, -0.2) is 59.8 Å². The van der Waals surface area contributed by atoms with Crippen molar-refractivity contribution in [3.8, 4) is 5.75 Å². The number of carbonyl (C=O) groups excluding carboxylic acids is 3. The predicted octanol–water partition coefficient (Wildman–Crippen LogP) is 2.88. The zero-order valence-corrected chi connectivity index (χ0v) is 20.6. The van der Waals surface area contributed by atoms with E-state index in [-0.39, 0.29) is 29.7 Å². The molecule has 4 heterocycles. The lowest BCUT2D eigenvalue weighted by molar-refractivity contribution is -0.136. The average molecular weight is 508 g/mol. The van der Waals surface area contributed by atoms with Crippen LogP contribution in [0.2, 0.25) is 0 Å². The molecule has 4 aliphatic rings. The summed E-state index contributed by atoms with van der Waals surface area (Å²) in [6, 6.07) is 9.75. The molecule has 2 fully saturated rings. The highest BCUT2D eigenvalue weighted by atomic mass is 19.1. The van der Waals surface area contributed by atoms with Crippen LogP contribution in [0.25, 0.3) is 0 Å². The summed E-state index contributed by atoms with van der Waals surface area (Å²) in [5.41, 5.74) is 3.08. The Labute approximate surface area is 214 Å². The van der Waals surface area contributed by atoms with E-state index in [9.17, 15) is 18.8 Å². The summed E-state index contributed by atoms with van der Waals surface area (Å²) in [5.74, 6) is -0.464. The van der Waals surface area contributed by atoms with Crippen LogP contribution < -0.4 is 10.1 Å². The minimum atomic E-state index is -0.639. The summed E-state index contributed by atoms with van der Waals surface area (Å²) in [5, 5.41) is 2.33. The van der Waals surface area contributed by atoms with Gasteiger partial charge in [-0.1, -0.05) is 12.1 Å². The lowest BCUT2D eigenvalue weighted by atomic mass is 9.83. The number of amides is 3. The van der Waals surface area contributed by atoms with Gasteiger partial charge in [0.15, 0.2) is 0 Å². The van der Waals surface area contributed by atoms with Gasteiger partial charge in [-0.2, -0.15) is 0 Å². The predicted molar refractivity (Wildman–Crippen MR) is 131 cm³/mol. The minimum Gasteiger partial charge on any atom is -0.493 e. The number of halogens is 1. The smallest absolute Gasteiger partial charge is 0.255 e. The third-order valence-electron chi connectivity index (χ3n) is 8.15. The van der Waals surface area contributed by atoms with E-state index in [0.29, 0.717) is 37.5 Å². The molecule has 0 saturated carbocycles. The molecule has 3 amide bonds. The molecule has 8 nitrogen and oxygen atoms in total. The zero-order chi connectivity index (χ0) is 25.6. The first-order chi connectivity index (χ1) is 17.9. The number of nitrogens with one attached hydrogen (secondary N) is 1. The number of piperidine rings is 2. The van der Waals surface area contributed by atoms with E-state index in [2.05, 4.69) is 10.2 Å². The molecule has 0 aromatic heterocycles. The van der Waals surface area contributed by atoms with Crippen molar-refractivity contribution in [2.45, 2.75) is 56.9 Å². The molecule has 1 atom stereocenters. The molecular formula is C28H30FN3O5. The number of benzene rings is 2. The summed E-state index contributed by atoms with van der Waals surface area (Å²) in [6.45, 7) is 4.00. The second-order valence-electron chi connectivity index (χ2n) is 10.3. The molecule has 0 aliphatic carbocycles. The van der Waals surface area contributed by atoms with Crippen molar-refractivity contribution in [2.75, 3.05) is 26.2 Å². The van der Waals surface area contributed by atoms with Crippen LogP contribution in [0.15, 0.2) is 36.4 Å². The number of hydrogen-bond acceptors (Lipinski definition) is 6. The van der Waals surface area contributed by atoms with E-state index in [1.807, 2.05) is 12.1 Å². The molecule has 0 bridgehead atoms. The van der Waals surface area contributed by atoms with E-state index in [0.717, 1.165) is 55.6 Å². The molecular weight excluding hydrogens is 477 g/mol. The molecule has 1 spiro atoms. The third kappa shape index (κ3) is 4.40. The van der Waals surface area contributed by atoms with Gasteiger partial charge in [-0.25, -0.2) is 4.39 Å². The van der Waals surface area contributed by atoms with Gasteiger partial charge >= 0.3 is 0 Å². The largest absolute Gasteiger partial charge is 0.493 e. The summed E-state index contributed by atoms with van der Waals surface area (Å²) in [6.07, 6.45) is 3.08. The zero-order valence-electron chi connectivity index (χ0n) is 20.6. The maximum Gasteiger partial charge on any atom is 0.255 e. The van der Waals surface area contributed by atoms with Gasteiger partial charge in [0.25, 0.3) is 5.91 Å². The molecule has 2 aromatic rings. The van der Waals surface area contributed by atoms with Gasteiger partial charge in [-0.3, -0.25) is 19.7 Å². The highest BCUT2D eigenvalue weighted by Gasteiger charge is 2.43. The maximum atomic E-state index is 13.8. The Morgan fingerprint density at radius 1 is 1.14 bits per heavy atom. The monoisotopic (exact) mass is 507 g/mol. The van der Waals surface area contributed by atoms with Crippen LogP contribution in [-0.2, 0) is 33.1 Å². The Morgan fingerprint density at radius 2 is 1.97 bits per heavy atom. The van der Waals surface area contributed by atoms with E-state index >= 15 is 0 Å². The van der Waals surface area contributed by atoms with E-state index in [1.165, 1.54) is 11.0 Å². The maximum absolute atomic E-state index is 13.8. The average Bonchev–Trinajstić information content (AvgIpc) is 3.41. The SMILES string of the molecule is O=C1CCC(N2Cc3c(OCCCN4CCC5(CC4)OCc4ccc(F)cc45)cccc3C2=O)C(=O)N1. The fourth-order valence-corrected chi connectivity index (χ4v) is 6.11. The first-order valence-corrected chi connectivity index (χ1v) is 13.0. The molecule has 6 rings (SSSR count). The van der Waals surface area contributed by atoms with Crippen LogP contribution in [0.1, 0.15) is 59.2 Å². The normalized spacial score (nSPS) is 22.8. The second kappa shape index (κ2) is 9.54. The third-order valence-corrected chi connectivity index (χ3v) is 8.15. The fraction of sp³-hybridized carbons (Fsp3) is 0.464. The van der Waals surface area contributed by atoms with Gasteiger partial charge < -0.3 is 19.3 Å². The first-order valence-electron chi connectivity index (χ1n) is 13.0. The van der Waals surface area contributed by atoms with Gasteiger partial charge in [0.2, 0.25) is 11.8 Å². The number of likely N-dealkylation sites (tertiary alicyclic amines) is 1. The second-order valence-corrected chi connectivity index (χ2v) is 10.3. The lowest BCUT2D eigenvalue weighted by Crippen LogP contribution is -2.52. The quantitative estimate of drug-likeness (QED) is 0.478. The molecule has 37 heavy (non-hydrogen) atoms. The van der Waals surface area contributed by atoms with E-state index < -0.39 is 11.9 Å². The van der Waals surface area contributed by atoms with Crippen LogP contribution in [0.4, 0.5) is 4.39 Å². The van der Waals surface area contributed by atoms with Crippen molar-refractivity contribution in [1.29, 1.82) is 0 Å². The molecule has 2 saturated heterocycles. The summed E-state index contributed by atoms with van der Waals surface area (Å²) < 4.78 is 26.1. The molecule has 1 N–H and O–H groups in total. The van der Waals surface area contributed by atoms with Gasteiger partial charge in [-0.15, -0.1) is 0 Å². The highest BCUT2D eigenvalue weighted by molar-refractivity contribution is 6.05. The Kier molecular flexibility index (Phi) is 6.20. The van der Waals surface area contributed by atoms with Gasteiger partial charge in [0, 0.05) is 37.2 Å². The van der Waals surface area contributed by atoms with Crippen molar-refractivity contribution in [3.63, 3.8) is 0 Å². The summed E-state index contributed by atoms with van der Waals surface area (Å²) in [7, 11) is 0. The van der Waals surface area contributed by atoms with Crippen molar-refractivity contribution >= 4 is 17.7 Å². The van der Waals surface area contributed by atoms with Crippen molar-refractivity contribution in [3.05, 3.63) is 64.5 Å². The molecule has 1 unspecified atom stereocenters. The number of nitrogens with zero attached hydrogens (tertiary/aromatic N) is 2. The highest BCUT2D eigenvalue weighted by Crippen LogP contribution is 2.44. The van der Waals surface area contributed by atoms with Gasteiger partial charge in [0.1, 0.15) is 17.6 Å². The van der Waals surface area contributed by atoms with Crippen molar-refractivity contribution < 1.29 is 28.2 Å². The lowest BCUT2D eigenvalue weighted by Gasteiger charge is -2.39. The van der Waals surface area contributed by atoms with Crippen LogP contribution in [0.3, 0.4) is 0 Å². The number of ether oxygens (including phenoxy) is 2. The van der Waals surface area contributed by atoms with Crippen molar-refractivity contribution in [2.24, 2.45) is 0 Å². The first kappa shape index (κ1) is 24.1. The molecule has 4 aliphatic heterocycles. The summed E-state index contributed by atoms with van der Waals surface area (Å²) in [4.78, 5) is 40.7. The molecule has 9 heteroatoms. The molecule has 0 radical (unpaired) electrons. The van der Waals surface area contributed by atoms with E-state index in [4.69, 9.17) is 9.47 Å². The van der Waals surface area contributed by atoms with Crippen LogP contribution in [0.5, 0.6) is 5.75 Å². The van der Waals surface area contributed by atoms with Crippen LogP contribution in [0, 0.1) is 5.82 Å². The van der Waals surface area contributed by atoms with Gasteiger partial charge in [-0.05, 0) is 61.1 Å². The van der Waals surface area contributed by atoms with Gasteiger partial charge in [0.05, 0.1) is 25.4 Å². The Balaban J connectivity index is 1.01. The Hall–Kier alpha value is -3.30. The Bertz CT molecular complexity index is 1260. The summed E-state index contributed by atoms with van der Waals surface area (Å²) >= 11 is 0. The number of hydrogen-bond donors (Lipinski definition) is 1. The molecule has 194 valence electrons. The minimum absolute atomic E-state index is 0.201. The number of carbonyl (C=O) groups is 3. The molecule has 2 aromatic carbocycles. The van der Waals surface area contributed by atoms with Crippen molar-refractivity contribution in [1.82, 2.24) is 15.1 Å². The van der Waals surface area contributed by atoms with E-state index in [1.54, 1.807) is 18.2 Å². The van der Waals surface area contributed by atoms with Crippen LogP contribution >= 0.6 is 0 Å². The number of imide groups is 1. The number of rotatable bonds is 6. The fourth-order valence-electron chi connectivity index (χ4n) is 6.11. The number of fused-ring (bicyclic) bond motifs is 3.